The van der Waals surface area contributed by atoms with E-state index in [-0.39, 0.29) is 6.42 Å². The van der Waals surface area contributed by atoms with Crippen LogP contribution in [0.5, 0.6) is 5.75 Å². The molecule has 6 heteroatoms. The molecule has 0 saturated carbocycles. The minimum atomic E-state index is -0.495. The molecule has 6 nitrogen and oxygen atoms in total. The van der Waals surface area contributed by atoms with Crippen molar-refractivity contribution in [3.63, 3.8) is 0 Å². The third kappa shape index (κ3) is 5.24. The van der Waals surface area contributed by atoms with Gasteiger partial charge < -0.3 is 10.1 Å². The number of anilines is 1. The predicted octanol–water partition coefficient (Wildman–Crippen LogP) is 2.48. The van der Waals surface area contributed by atoms with E-state index in [1.807, 2.05) is 31.2 Å². The molecule has 0 spiro atoms. The van der Waals surface area contributed by atoms with Gasteiger partial charge in [0.05, 0.1) is 19.0 Å². The molecule has 0 aliphatic rings. The molecule has 0 aliphatic heterocycles. The van der Waals surface area contributed by atoms with Crippen LogP contribution in [0.25, 0.3) is 0 Å². The number of ether oxygens (including phenoxy) is 1. The van der Waals surface area contributed by atoms with Gasteiger partial charge in [0.15, 0.2) is 0 Å². The van der Waals surface area contributed by atoms with Crippen LogP contribution in [0.3, 0.4) is 0 Å². The van der Waals surface area contributed by atoms with Crippen molar-refractivity contribution in [2.45, 2.75) is 13.3 Å². The van der Waals surface area contributed by atoms with Crippen molar-refractivity contribution in [2.24, 2.45) is 5.10 Å². The van der Waals surface area contributed by atoms with Gasteiger partial charge in [-0.25, -0.2) is 5.43 Å². The van der Waals surface area contributed by atoms with Gasteiger partial charge in [0.1, 0.15) is 12.2 Å². The minimum Gasteiger partial charge on any atom is -0.495 e. The van der Waals surface area contributed by atoms with Crippen LogP contribution >= 0.6 is 0 Å². The van der Waals surface area contributed by atoms with E-state index in [2.05, 4.69) is 15.8 Å². The summed E-state index contributed by atoms with van der Waals surface area (Å²) in [5.74, 6) is -0.406. The highest BCUT2D eigenvalue weighted by Gasteiger charge is 2.11. The molecule has 2 amide bonds. The Bertz CT molecular complexity index is 739. The van der Waals surface area contributed by atoms with E-state index in [1.165, 1.54) is 13.3 Å². The molecule has 124 valence electrons. The summed E-state index contributed by atoms with van der Waals surface area (Å²) < 4.78 is 5.13. The molecule has 2 aromatic rings. The third-order valence-corrected chi connectivity index (χ3v) is 3.18. The van der Waals surface area contributed by atoms with E-state index in [4.69, 9.17) is 4.74 Å². The average molecular weight is 325 g/mol. The Hall–Kier alpha value is -3.15. The number of methoxy groups -OCH3 is 1. The van der Waals surface area contributed by atoms with Crippen LogP contribution in [0.2, 0.25) is 0 Å². The highest BCUT2D eigenvalue weighted by Crippen LogP contribution is 2.22. The van der Waals surface area contributed by atoms with Gasteiger partial charge in [0, 0.05) is 0 Å². The van der Waals surface area contributed by atoms with Crippen molar-refractivity contribution in [3.05, 3.63) is 59.7 Å². The van der Waals surface area contributed by atoms with Gasteiger partial charge in [-0.1, -0.05) is 42.0 Å². The van der Waals surface area contributed by atoms with Gasteiger partial charge in [0.25, 0.3) is 0 Å². The summed E-state index contributed by atoms with van der Waals surface area (Å²) in [6, 6.07) is 14.7. The molecule has 0 aliphatic carbocycles. The molecule has 0 aromatic heterocycles. The second-order valence-electron chi connectivity index (χ2n) is 5.13. The molecule has 0 atom stereocenters. The number of hydrogen-bond acceptors (Lipinski definition) is 4. The highest BCUT2D eigenvalue weighted by atomic mass is 16.5. The molecule has 0 radical (unpaired) electrons. The summed E-state index contributed by atoms with van der Waals surface area (Å²) >= 11 is 0. The molecule has 0 saturated heterocycles. The van der Waals surface area contributed by atoms with Crippen LogP contribution in [0, 0.1) is 6.92 Å². The first-order valence-electron chi connectivity index (χ1n) is 7.40. The first-order valence-corrected chi connectivity index (χ1v) is 7.40. The summed E-state index contributed by atoms with van der Waals surface area (Å²) in [6.07, 6.45) is 1.19. The van der Waals surface area contributed by atoms with Crippen LogP contribution < -0.4 is 15.5 Å². The van der Waals surface area contributed by atoms with Gasteiger partial charge in [-0.3, -0.25) is 9.59 Å². The maximum absolute atomic E-state index is 11.9. The van der Waals surface area contributed by atoms with E-state index < -0.39 is 11.8 Å². The summed E-state index contributed by atoms with van der Waals surface area (Å²) in [6.45, 7) is 1.99. The van der Waals surface area contributed by atoms with Gasteiger partial charge in [-0.15, -0.1) is 0 Å². The fourth-order valence-electron chi connectivity index (χ4n) is 1.96. The molecule has 2 N–H and O–H groups in total. The molecule has 0 fully saturated rings. The molecule has 24 heavy (non-hydrogen) atoms. The van der Waals surface area contributed by atoms with E-state index in [0.29, 0.717) is 11.4 Å². The van der Waals surface area contributed by atoms with Crippen LogP contribution in [-0.4, -0.2) is 25.1 Å². The Morgan fingerprint density at radius 1 is 1.08 bits per heavy atom. The first kappa shape index (κ1) is 17.2. The van der Waals surface area contributed by atoms with E-state index in [1.54, 1.807) is 24.3 Å². The molecular weight excluding hydrogens is 306 g/mol. The van der Waals surface area contributed by atoms with Gasteiger partial charge in [-0.2, -0.15) is 5.10 Å². The fraction of sp³-hybridized carbons (Fsp3) is 0.167. The number of para-hydroxylation sites is 2. The molecular formula is C18H19N3O3. The van der Waals surface area contributed by atoms with Crippen molar-refractivity contribution in [1.82, 2.24) is 5.43 Å². The van der Waals surface area contributed by atoms with Gasteiger partial charge in [-0.05, 0) is 24.6 Å². The monoisotopic (exact) mass is 325 g/mol. The summed E-state index contributed by atoms with van der Waals surface area (Å²) in [4.78, 5) is 23.6. The molecule has 2 aromatic carbocycles. The lowest BCUT2D eigenvalue weighted by Gasteiger charge is -2.09. The Balaban J connectivity index is 1.83. The largest absolute Gasteiger partial charge is 0.495 e. The Labute approximate surface area is 140 Å². The van der Waals surface area contributed by atoms with Crippen LogP contribution in [0.1, 0.15) is 17.5 Å². The van der Waals surface area contributed by atoms with Crippen molar-refractivity contribution < 1.29 is 14.3 Å². The zero-order valence-corrected chi connectivity index (χ0v) is 13.6. The van der Waals surface area contributed by atoms with Crippen molar-refractivity contribution in [1.29, 1.82) is 0 Å². The van der Waals surface area contributed by atoms with E-state index in [9.17, 15) is 9.59 Å². The van der Waals surface area contributed by atoms with Crippen molar-refractivity contribution in [2.75, 3.05) is 12.4 Å². The second kappa shape index (κ2) is 8.47. The lowest BCUT2D eigenvalue weighted by molar-refractivity contribution is -0.126. The van der Waals surface area contributed by atoms with Gasteiger partial charge in [0.2, 0.25) is 11.8 Å². The van der Waals surface area contributed by atoms with Crippen LogP contribution in [0.15, 0.2) is 53.6 Å². The minimum absolute atomic E-state index is 0.330. The number of rotatable bonds is 6. The molecule has 0 heterocycles. The van der Waals surface area contributed by atoms with Gasteiger partial charge >= 0.3 is 0 Å². The topological polar surface area (TPSA) is 79.8 Å². The van der Waals surface area contributed by atoms with E-state index >= 15 is 0 Å². The number of carbonyl (C=O) groups is 2. The molecule has 0 bridgehead atoms. The Morgan fingerprint density at radius 3 is 2.50 bits per heavy atom. The molecule has 2 rings (SSSR count). The van der Waals surface area contributed by atoms with E-state index in [0.717, 1.165) is 11.1 Å². The number of nitrogens with one attached hydrogen (secondary N) is 2. The van der Waals surface area contributed by atoms with Crippen molar-refractivity contribution >= 4 is 23.7 Å². The summed E-state index contributed by atoms with van der Waals surface area (Å²) in [5.41, 5.74) is 4.85. The zero-order chi connectivity index (χ0) is 17.4. The second-order valence-corrected chi connectivity index (χ2v) is 5.13. The smallest absolute Gasteiger partial charge is 0.249 e. The lowest BCUT2D eigenvalue weighted by atomic mass is 10.2. The maximum Gasteiger partial charge on any atom is 0.249 e. The molecule has 0 unspecified atom stereocenters. The number of amides is 2. The predicted molar refractivity (Wildman–Crippen MR) is 93.2 cm³/mol. The standard InChI is InChI=1S/C18H19N3O3/c1-13-7-9-14(10-8-13)12-19-21-18(23)11-17(22)20-15-5-3-4-6-16(15)24-2/h3-10,12H,11H2,1-2H3,(H,20,22)(H,21,23). The quantitative estimate of drug-likeness (QED) is 0.486. The summed E-state index contributed by atoms with van der Waals surface area (Å²) in [7, 11) is 1.51. The number of hydrazone groups is 1. The SMILES string of the molecule is COc1ccccc1NC(=O)CC(=O)NN=Cc1ccc(C)cc1. The number of aryl methyl sites for hydroxylation is 1. The average Bonchev–Trinajstić information content (AvgIpc) is 2.57. The maximum atomic E-state index is 11.9. The number of nitrogens with zero attached hydrogens (tertiary/aromatic N) is 1. The fourth-order valence-corrected chi connectivity index (χ4v) is 1.96. The number of carbonyl (C=O) groups excluding carboxylic acids is 2. The third-order valence-electron chi connectivity index (χ3n) is 3.18. The Morgan fingerprint density at radius 2 is 1.79 bits per heavy atom. The highest BCUT2D eigenvalue weighted by molar-refractivity contribution is 6.04. The zero-order valence-electron chi connectivity index (χ0n) is 13.6. The number of benzene rings is 2. The number of hydrogen-bond donors (Lipinski definition) is 2. The van der Waals surface area contributed by atoms with Crippen LogP contribution in [-0.2, 0) is 9.59 Å². The lowest BCUT2D eigenvalue weighted by Crippen LogP contribution is -2.24. The van der Waals surface area contributed by atoms with Crippen molar-refractivity contribution in [3.8, 4) is 5.75 Å². The first-order chi connectivity index (χ1) is 11.6. The Kier molecular flexibility index (Phi) is 6.08. The summed E-state index contributed by atoms with van der Waals surface area (Å²) in [5, 5.41) is 6.47. The van der Waals surface area contributed by atoms with Crippen LogP contribution in [0.4, 0.5) is 5.69 Å². The normalized spacial score (nSPS) is 10.4.